The molecule has 0 saturated carbocycles. The van der Waals surface area contributed by atoms with Crippen LogP contribution < -0.4 is 4.74 Å². The summed E-state index contributed by atoms with van der Waals surface area (Å²) in [5.41, 5.74) is 0.940. The molecule has 5 nitrogen and oxygen atoms in total. The maximum atomic E-state index is 9.92. The minimum absolute atomic E-state index is 0.335. The van der Waals surface area contributed by atoms with Gasteiger partial charge in [-0.3, -0.25) is 0 Å². The Morgan fingerprint density at radius 2 is 2.10 bits per heavy atom. The Morgan fingerprint density at radius 3 is 2.70 bits per heavy atom. The molecule has 1 aliphatic rings. The topological polar surface area (TPSA) is 65.3 Å². The smallest absolute Gasteiger partial charge is 0.141 e. The van der Waals surface area contributed by atoms with Crippen molar-refractivity contribution in [3.63, 3.8) is 0 Å². The van der Waals surface area contributed by atoms with Crippen LogP contribution in [0, 0.1) is 5.92 Å². The highest BCUT2D eigenvalue weighted by molar-refractivity contribution is 5.79. The van der Waals surface area contributed by atoms with Crippen molar-refractivity contribution in [1.29, 1.82) is 0 Å². The van der Waals surface area contributed by atoms with Crippen LogP contribution in [-0.2, 0) is 6.42 Å². The van der Waals surface area contributed by atoms with Gasteiger partial charge in [0.1, 0.15) is 17.3 Å². The first kappa shape index (κ1) is 14.5. The lowest BCUT2D eigenvalue weighted by atomic mass is 9.89. The Labute approximate surface area is 119 Å². The van der Waals surface area contributed by atoms with Crippen molar-refractivity contribution in [3.05, 3.63) is 23.8 Å². The third-order valence-corrected chi connectivity index (χ3v) is 4.01. The van der Waals surface area contributed by atoms with E-state index in [2.05, 4.69) is 10.1 Å². The zero-order chi connectivity index (χ0) is 14.5. The van der Waals surface area contributed by atoms with Gasteiger partial charge in [-0.25, -0.2) is 0 Å². The Morgan fingerprint density at radius 1 is 1.40 bits per heavy atom. The summed E-state index contributed by atoms with van der Waals surface area (Å²) >= 11 is 0. The average molecular weight is 278 g/mol. The Kier molecular flexibility index (Phi) is 4.71. The molecule has 0 spiro atoms. The molecular weight excluding hydrogens is 256 g/mol. The van der Waals surface area contributed by atoms with Gasteiger partial charge in [-0.15, -0.1) is 0 Å². The Bertz CT molecular complexity index is 480. The summed E-state index contributed by atoms with van der Waals surface area (Å²) in [6.07, 6.45) is 2.92. The van der Waals surface area contributed by atoms with E-state index in [0.717, 1.165) is 43.7 Å². The number of aromatic hydroxyl groups is 1. The number of amidine groups is 1. The largest absolute Gasteiger partial charge is 0.508 e. The van der Waals surface area contributed by atoms with E-state index < -0.39 is 0 Å². The fraction of sp³-hybridized carbons (Fsp3) is 0.533. The number of phenolic OH excluding ortho intramolecular Hbond substituents is 1. The summed E-state index contributed by atoms with van der Waals surface area (Å²) in [5.74, 6) is 2.32. The summed E-state index contributed by atoms with van der Waals surface area (Å²) in [5, 5.41) is 21.9. The fourth-order valence-corrected chi connectivity index (χ4v) is 2.69. The lowest BCUT2D eigenvalue weighted by molar-refractivity contribution is 0.245. The number of hydrogen-bond acceptors (Lipinski definition) is 4. The van der Waals surface area contributed by atoms with Gasteiger partial charge in [0.15, 0.2) is 0 Å². The quantitative estimate of drug-likeness (QED) is 0.386. The van der Waals surface area contributed by atoms with Crippen LogP contribution >= 0.6 is 0 Å². The molecule has 0 aliphatic carbocycles. The van der Waals surface area contributed by atoms with Gasteiger partial charge in [0.2, 0.25) is 0 Å². The predicted octanol–water partition coefficient (Wildman–Crippen LogP) is 2.46. The van der Waals surface area contributed by atoms with Gasteiger partial charge >= 0.3 is 0 Å². The van der Waals surface area contributed by atoms with Gasteiger partial charge in [-0.05, 0) is 55.9 Å². The van der Waals surface area contributed by atoms with Crippen LogP contribution in [0.3, 0.4) is 0 Å². The predicted molar refractivity (Wildman–Crippen MR) is 77.6 cm³/mol. The zero-order valence-corrected chi connectivity index (χ0v) is 12.0. The molecule has 1 aromatic carbocycles. The fourth-order valence-electron chi connectivity index (χ4n) is 2.69. The van der Waals surface area contributed by atoms with Gasteiger partial charge in [-0.1, -0.05) is 5.16 Å². The number of benzene rings is 1. The van der Waals surface area contributed by atoms with E-state index in [1.54, 1.807) is 19.2 Å². The number of ether oxygens (including phenoxy) is 1. The molecule has 0 aromatic heterocycles. The van der Waals surface area contributed by atoms with Crippen molar-refractivity contribution in [1.82, 2.24) is 4.90 Å². The second-order valence-corrected chi connectivity index (χ2v) is 5.28. The third kappa shape index (κ3) is 3.35. The first-order valence-corrected chi connectivity index (χ1v) is 6.93. The number of rotatable bonds is 3. The molecule has 20 heavy (non-hydrogen) atoms. The number of piperidine rings is 1. The van der Waals surface area contributed by atoms with Gasteiger partial charge < -0.3 is 20.0 Å². The molecule has 0 unspecified atom stereocenters. The van der Waals surface area contributed by atoms with Crippen LogP contribution in [0.5, 0.6) is 11.5 Å². The first-order chi connectivity index (χ1) is 9.63. The van der Waals surface area contributed by atoms with Crippen LogP contribution in [0.15, 0.2) is 23.4 Å². The summed E-state index contributed by atoms with van der Waals surface area (Å²) in [6.45, 7) is 3.60. The number of phenols is 1. The maximum absolute atomic E-state index is 9.92. The molecule has 110 valence electrons. The van der Waals surface area contributed by atoms with Gasteiger partial charge in [0, 0.05) is 13.1 Å². The number of hydrogen-bond donors (Lipinski definition) is 2. The SMILES string of the molecule is COc1ccc(O)c(CC2CCN(C(C)=NO)CC2)c1. The summed E-state index contributed by atoms with van der Waals surface area (Å²) in [7, 11) is 1.63. The van der Waals surface area contributed by atoms with E-state index >= 15 is 0 Å². The Balaban J connectivity index is 1.96. The van der Waals surface area contributed by atoms with E-state index in [4.69, 9.17) is 9.94 Å². The number of nitrogens with zero attached hydrogens (tertiary/aromatic N) is 2. The molecule has 1 aliphatic heterocycles. The van der Waals surface area contributed by atoms with Crippen molar-refractivity contribution in [2.75, 3.05) is 20.2 Å². The average Bonchev–Trinajstić information content (AvgIpc) is 2.49. The molecule has 1 aromatic rings. The highest BCUT2D eigenvalue weighted by atomic mass is 16.5. The molecule has 2 rings (SSSR count). The molecule has 0 radical (unpaired) electrons. The minimum atomic E-state index is 0.335. The number of likely N-dealkylation sites (tertiary alicyclic amines) is 1. The summed E-state index contributed by atoms with van der Waals surface area (Å²) in [4.78, 5) is 2.09. The highest BCUT2D eigenvalue weighted by Crippen LogP contribution is 2.29. The Hall–Kier alpha value is -1.91. The van der Waals surface area contributed by atoms with E-state index in [9.17, 15) is 5.11 Å². The lowest BCUT2D eigenvalue weighted by Crippen LogP contribution is -2.37. The normalized spacial score (nSPS) is 17.3. The van der Waals surface area contributed by atoms with Crippen LogP contribution in [0.4, 0.5) is 0 Å². The monoisotopic (exact) mass is 278 g/mol. The summed E-state index contributed by atoms with van der Waals surface area (Å²) in [6, 6.07) is 5.36. The number of methoxy groups -OCH3 is 1. The van der Waals surface area contributed by atoms with E-state index in [1.165, 1.54) is 0 Å². The van der Waals surface area contributed by atoms with Gasteiger partial charge in [0.05, 0.1) is 7.11 Å². The van der Waals surface area contributed by atoms with Crippen molar-refractivity contribution in [2.24, 2.45) is 11.1 Å². The maximum Gasteiger partial charge on any atom is 0.141 e. The van der Waals surface area contributed by atoms with E-state index in [1.807, 2.05) is 13.0 Å². The molecule has 5 heteroatoms. The van der Waals surface area contributed by atoms with Crippen molar-refractivity contribution in [2.45, 2.75) is 26.2 Å². The second-order valence-electron chi connectivity index (χ2n) is 5.28. The molecule has 2 N–H and O–H groups in total. The lowest BCUT2D eigenvalue weighted by Gasteiger charge is -2.32. The van der Waals surface area contributed by atoms with Crippen LogP contribution in [0.25, 0.3) is 0 Å². The van der Waals surface area contributed by atoms with Gasteiger partial charge in [0.25, 0.3) is 0 Å². The molecule has 0 amide bonds. The van der Waals surface area contributed by atoms with Crippen molar-refractivity contribution < 1.29 is 15.1 Å². The first-order valence-electron chi connectivity index (χ1n) is 6.93. The third-order valence-electron chi connectivity index (χ3n) is 4.01. The highest BCUT2D eigenvalue weighted by Gasteiger charge is 2.21. The van der Waals surface area contributed by atoms with Crippen LogP contribution in [0.1, 0.15) is 25.3 Å². The minimum Gasteiger partial charge on any atom is -0.508 e. The van der Waals surface area contributed by atoms with E-state index in [-0.39, 0.29) is 0 Å². The van der Waals surface area contributed by atoms with Crippen LogP contribution in [-0.4, -0.2) is 41.2 Å². The summed E-state index contributed by atoms with van der Waals surface area (Å²) < 4.78 is 5.20. The molecule has 1 saturated heterocycles. The molecule has 1 heterocycles. The standard InChI is InChI=1S/C15H22N2O3/c1-11(16-19)17-7-5-12(6-8-17)9-13-10-14(20-2)3-4-15(13)18/h3-4,10,12,18-19H,5-9H2,1-2H3. The molecule has 1 fully saturated rings. The van der Waals surface area contributed by atoms with Gasteiger partial charge in [-0.2, -0.15) is 0 Å². The second kappa shape index (κ2) is 6.50. The molecular formula is C15H22N2O3. The van der Waals surface area contributed by atoms with Crippen LogP contribution in [0.2, 0.25) is 0 Å². The van der Waals surface area contributed by atoms with Crippen molar-refractivity contribution >= 4 is 5.84 Å². The van der Waals surface area contributed by atoms with E-state index in [0.29, 0.717) is 17.5 Å². The van der Waals surface area contributed by atoms with Crippen molar-refractivity contribution in [3.8, 4) is 11.5 Å². The number of oxime groups is 1. The molecule has 0 bridgehead atoms. The zero-order valence-electron chi connectivity index (χ0n) is 12.0. The molecule has 0 atom stereocenters.